The monoisotopic (exact) mass is 261 g/mol. The van der Waals surface area contributed by atoms with E-state index in [0.29, 0.717) is 10.7 Å². The smallest absolute Gasteiger partial charge is 0.188 e. The maximum absolute atomic E-state index is 11.7. The minimum atomic E-state index is -0.0457. The van der Waals surface area contributed by atoms with E-state index in [1.165, 1.54) is 0 Å². The minimum absolute atomic E-state index is 0.0369. The number of Topliss-reactive ketones (excluding diaryl/α,β-unsaturated/α-hetero) is 1. The number of hydrogen-bond donors (Lipinski definition) is 0. The van der Waals surface area contributed by atoms with E-state index in [1.807, 2.05) is 24.3 Å². The third-order valence-electron chi connectivity index (χ3n) is 2.42. The fourth-order valence-electron chi connectivity index (χ4n) is 1.49. The molecule has 2 rings (SSSR count). The van der Waals surface area contributed by atoms with Gasteiger partial charge in [-0.25, -0.2) is 4.98 Å². The van der Waals surface area contributed by atoms with Gasteiger partial charge in [0.05, 0.1) is 6.61 Å². The van der Waals surface area contributed by atoms with Crippen LogP contribution in [-0.2, 0) is 11.3 Å². The predicted octanol–water partition coefficient (Wildman–Crippen LogP) is 3.13. The lowest BCUT2D eigenvalue weighted by atomic mass is 10.1. The molecule has 18 heavy (non-hydrogen) atoms. The fourth-order valence-corrected chi connectivity index (χ4v) is 1.66. The predicted molar refractivity (Wildman–Crippen MR) is 69.7 cm³/mol. The second kappa shape index (κ2) is 6.28. The van der Waals surface area contributed by atoms with Crippen molar-refractivity contribution in [3.8, 4) is 0 Å². The van der Waals surface area contributed by atoms with Crippen LogP contribution in [0.3, 0.4) is 0 Å². The van der Waals surface area contributed by atoms with Crippen molar-refractivity contribution in [1.29, 1.82) is 0 Å². The van der Waals surface area contributed by atoms with E-state index < -0.39 is 0 Å². The molecule has 0 atom stereocenters. The summed E-state index contributed by atoms with van der Waals surface area (Å²) in [4.78, 5) is 15.7. The highest BCUT2D eigenvalue weighted by Crippen LogP contribution is 2.12. The first-order chi connectivity index (χ1) is 8.77. The summed E-state index contributed by atoms with van der Waals surface area (Å²) in [7, 11) is 0. The van der Waals surface area contributed by atoms with Crippen LogP contribution >= 0.6 is 11.6 Å². The number of rotatable bonds is 5. The second-order valence-corrected chi connectivity index (χ2v) is 4.09. The Morgan fingerprint density at radius 2 is 1.94 bits per heavy atom. The van der Waals surface area contributed by atoms with Gasteiger partial charge in [0, 0.05) is 17.3 Å². The number of nitrogens with zero attached hydrogens (tertiary/aromatic N) is 1. The van der Waals surface area contributed by atoms with Crippen molar-refractivity contribution < 1.29 is 9.53 Å². The quantitative estimate of drug-likeness (QED) is 0.613. The van der Waals surface area contributed by atoms with Gasteiger partial charge in [-0.1, -0.05) is 48.0 Å². The van der Waals surface area contributed by atoms with E-state index in [0.717, 1.165) is 5.56 Å². The molecule has 0 radical (unpaired) electrons. The maximum atomic E-state index is 11.7. The number of pyridine rings is 1. The Morgan fingerprint density at radius 1 is 1.17 bits per heavy atom. The largest absolute Gasteiger partial charge is 0.369 e. The first kappa shape index (κ1) is 12.7. The van der Waals surface area contributed by atoms with Crippen LogP contribution < -0.4 is 0 Å². The summed E-state index contributed by atoms with van der Waals surface area (Å²) >= 11 is 5.88. The lowest BCUT2D eigenvalue weighted by Gasteiger charge is -2.05. The molecule has 0 aliphatic rings. The van der Waals surface area contributed by atoms with Gasteiger partial charge in [0.25, 0.3) is 0 Å². The molecule has 0 saturated heterocycles. The van der Waals surface area contributed by atoms with Gasteiger partial charge in [-0.2, -0.15) is 0 Å². The molecule has 0 aliphatic heterocycles. The molecule has 0 unspecified atom stereocenters. The molecule has 2 aromatic rings. The van der Waals surface area contributed by atoms with Gasteiger partial charge in [-0.3, -0.25) is 4.79 Å². The van der Waals surface area contributed by atoms with Crippen molar-refractivity contribution in [2.75, 3.05) is 6.61 Å². The number of carbonyl (C=O) groups excluding carboxylic acids is 1. The fraction of sp³-hybridized carbons (Fsp3) is 0.143. The number of carbonyl (C=O) groups is 1. The van der Waals surface area contributed by atoms with Crippen LogP contribution in [0.25, 0.3) is 0 Å². The van der Waals surface area contributed by atoms with Crippen LogP contribution in [0.1, 0.15) is 15.9 Å². The zero-order valence-corrected chi connectivity index (χ0v) is 10.4. The van der Waals surface area contributed by atoms with Crippen molar-refractivity contribution >= 4 is 17.4 Å². The zero-order valence-electron chi connectivity index (χ0n) is 9.67. The molecule has 3 nitrogen and oxygen atoms in total. The average molecular weight is 262 g/mol. The third kappa shape index (κ3) is 3.39. The van der Waals surface area contributed by atoms with Crippen molar-refractivity contribution in [3.05, 3.63) is 64.9 Å². The number of hydrogen-bond acceptors (Lipinski definition) is 3. The van der Waals surface area contributed by atoms with Gasteiger partial charge < -0.3 is 4.74 Å². The summed E-state index contributed by atoms with van der Waals surface area (Å²) in [6, 6.07) is 12.7. The Balaban J connectivity index is 1.86. The molecule has 0 bridgehead atoms. The Bertz CT molecular complexity index is 528. The highest BCUT2D eigenvalue weighted by molar-refractivity contribution is 6.30. The zero-order chi connectivity index (χ0) is 12.8. The molecule has 1 aromatic heterocycles. The van der Waals surface area contributed by atoms with Crippen molar-refractivity contribution in [2.45, 2.75) is 6.61 Å². The molecule has 0 N–H and O–H groups in total. The van der Waals surface area contributed by atoms with Crippen LogP contribution in [0, 0.1) is 0 Å². The molecule has 0 spiro atoms. The highest BCUT2D eigenvalue weighted by Gasteiger charge is 2.06. The summed E-state index contributed by atoms with van der Waals surface area (Å²) in [5.74, 6) is -0.0457. The molecule has 0 saturated carbocycles. The van der Waals surface area contributed by atoms with Crippen LogP contribution in [0.4, 0.5) is 0 Å². The SMILES string of the molecule is O=C(COCc1cccnc1Cl)c1ccccc1. The molecular formula is C14H12ClNO2. The summed E-state index contributed by atoms with van der Waals surface area (Å²) in [5, 5.41) is 0.407. The average Bonchev–Trinajstić information content (AvgIpc) is 2.42. The van der Waals surface area contributed by atoms with E-state index in [1.54, 1.807) is 24.4 Å². The Hall–Kier alpha value is -1.71. The van der Waals surface area contributed by atoms with Crippen molar-refractivity contribution in [1.82, 2.24) is 4.98 Å². The highest BCUT2D eigenvalue weighted by atomic mass is 35.5. The van der Waals surface area contributed by atoms with Gasteiger partial charge >= 0.3 is 0 Å². The molecule has 0 aliphatic carbocycles. The molecule has 4 heteroatoms. The molecular weight excluding hydrogens is 250 g/mol. The van der Waals surface area contributed by atoms with E-state index in [-0.39, 0.29) is 19.0 Å². The molecule has 1 aromatic carbocycles. The number of ether oxygens (including phenoxy) is 1. The normalized spacial score (nSPS) is 10.3. The lowest BCUT2D eigenvalue weighted by molar-refractivity contribution is 0.0726. The number of ketones is 1. The van der Waals surface area contributed by atoms with Crippen LogP contribution in [0.15, 0.2) is 48.7 Å². The first-order valence-electron chi connectivity index (χ1n) is 5.53. The lowest BCUT2D eigenvalue weighted by Crippen LogP contribution is -2.09. The summed E-state index contributed by atoms with van der Waals surface area (Å²) in [5.41, 5.74) is 1.43. The summed E-state index contributed by atoms with van der Waals surface area (Å²) in [6.07, 6.45) is 1.61. The molecule has 0 fully saturated rings. The molecule has 92 valence electrons. The van der Waals surface area contributed by atoms with E-state index in [9.17, 15) is 4.79 Å². The summed E-state index contributed by atoms with van der Waals surface area (Å²) < 4.78 is 5.34. The summed E-state index contributed by atoms with van der Waals surface area (Å²) in [6.45, 7) is 0.320. The van der Waals surface area contributed by atoms with Crippen LogP contribution in [0.5, 0.6) is 0 Å². The number of benzene rings is 1. The first-order valence-corrected chi connectivity index (χ1v) is 5.90. The molecule has 1 heterocycles. The maximum Gasteiger partial charge on any atom is 0.188 e. The van der Waals surface area contributed by atoms with Crippen LogP contribution in [0.2, 0.25) is 5.15 Å². The second-order valence-electron chi connectivity index (χ2n) is 3.74. The van der Waals surface area contributed by atoms with Crippen molar-refractivity contribution in [2.24, 2.45) is 0 Å². The van der Waals surface area contributed by atoms with Gasteiger partial charge in [0.2, 0.25) is 0 Å². The van der Waals surface area contributed by atoms with Gasteiger partial charge in [-0.05, 0) is 6.07 Å². The van der Waals surface area contributed by atoms with Crippen molar-refractivity contribution in [3.63, 3.8) is 0 Å². The standard InChI is InChI=1S/C14H12ClNO2/c15-14-12(7-4-8-16-14)9-18-10-13(17)11-5-2-1-3-6-11/h1-8H,9-10H2. The Morgan fingerprint density at radius 3 is 2.67 bits per heavy atom. The van der Waals surface area contributed by atoms with Crippen LogP contribution in [-0.4, -0.2) is 17.4 Å². The van der Waals surface area contributed by atoms with E-state index in [4.69, 9.17) is 16.3 Å². The molecule has 0 amide bonds. The Kier molecular flexibility index (Phi) is 4.45. The van der Waals surface area contributed by atoms with E-state index >= 15 is 0 Å². The number of aromatic nitrogens is 1. The van der Waals surface area contributed by atoms with Gasteiger partial charge in [0.15, 0.2) is 5.78 Å². The van der Waals surface area contributed by atoms with E-state index in [2.05, 4.69) is 4.98 Å². The number of halogens is 1. The Labute approximate surface area is 110 Å². The van der Waals surface area contributed by atoms with Gasteiger partial charge in [-0.15, -0.1) is 0 Å². The topological polar surface area (TPSA) is 39.2 Å². The third-order valence-corrected chi connectivity index (χ3v) is 2.76. The minimum Gasteiger partial charge on any atom is -0.369 e. The van der Waals surface area contributed by atoms with Gasteiger partial charge in [0.1, 0.15) is 11.8 Å².